The first-order valence-corrected chi connectivity index (χ1v) is 8.73. The summed E-state index contributed by atoms with van der Waals surface area (Å²) in [5.41, 5.74) is 1.38. The van der Waals surface area contributed by atoms with E-state index < -0.39 is 11.9 Å². The van der Waals surface area contributed by atoms with Crippen molar-refractivity contribution < 1.29 is 18.8 Å². The molecule has 140 valence electrons. The fraction of sp³-hybridized carbons (Fsp3) is 0.500. The van der Waals surface area contributed by atoms with Crippen LogP contribution in [-0.2, 0) is 16.1 Å². The molecule has 1 aromatic carbocycles. The zero-order valence-corrected chi connectivity index (χ0v) is 15.0. The van der Waals surface area contributed by atoms with Gasteiger partial charge in [-0.15, -0.1) is 12.4 Å². The third-order valence-corrected chi connectivity index (χ3v) is 5.46. The second-order valence-electron chi connectivity index (χ2n) is 6.92. The molecule has 26 heavy (non-hydrogen) atoms. The minimum Gasteiger partial charge on any atom is -0.322 e. The fourth-order valence-electron chi connectivity index (χ4n) is 4.07. The van der Waals surface area contributed by atoms with E-state index in [2.05, 4.69) is 10.6 Å². The van der Waals surface area contributed by atoms with Crippen LogP contribution in [0, 0.1) is 5.82 Å². The molecule has 1 unspecified atom stereocenters. The maximum absolute atomic E-state index is 15.1. The number of benzene rings is 1. The Balaban J connectivity index is 0.00000196. The zero-order chi connectivity index (χ0) is 17.6. The highest BCUT2D eigenvalue weighted by Crippen LogP contribution is 2.35. The second-order valence-corrected chi connectivity index (χ2v) is 6.92. The van der Waals surface area contributed by atoms with Gasteiger partial charge in [-0.2, -0.15) is 0 Å². The van der Waals surface area contributed by atoms with E-state index in [0.717, 1.165) is 25.9 Å². The predicted molar refractivity (Wildman–Crippen MR) is 94.5 cm³/mol. The van der Waals surface area contributed by atoms with E-state index in [1.54, 1.807) is 12.1 Å². The molecule has 0 aromatic heterocycles. The van der Waals surface area contributed by atoms with Gasteiger partial charge in [0.2, 0.25) is 11.8 Å². The van der Waals surface area contributed by atoms with Crippen molar-refractivity contribution in [2.45, 2.75) is 44.2 Å². The Hall–Kier alpha value is -1.99. The molecule has 2 N–H and O–H groups in total. The van der Waals surface area contributed by atoms with Crippen LogP contribution in [0.1, 0.15) is 53.1 Å². The number of imide groups is 1. The number of carbonyl (C=O) groups excluding carboxylic acids is 3. The number of nitrogens with zero attached hydrogens (tertiary/aromatic N) is 1. The summed E-state index contributed by atoms with van der Waals surface area (Å²) in [7, 11) is 0. The number of rotatable bonds is 2. The largest absolute Gasteiger partial charge is 0.322 e. The Bertz CT molecular complexity index is 764. The quantitative estimate of drug-likeness (QED) is 0.760. The fourth-order valence-corrected chi connectivity index (χ4v) is 4.07. The Morgan fingerprint density at radius 2 is 1.81 bits per heavy atom. The van der Waals surface area contributed by atoms with E-state index in [1.807, 2.05) is 0 Å². The van der Waals surface area contributed by atoms with Gasteiger partial charge < -0.3 is 10.2 Å². The van der Waals surface area contributed by atoms with Gasteiger partial charge in [-0.25, -0.2) is 4.39 Å². The van der Waals surface area contributed by atoms with Gasteiger partial charge in [0.05, 0.1) is 6.54 Å². The predicted octanol–water partition coefficient (Wildman–Crippen LogP) is 1.48. The van der Waals surface area contributed by atoms with E-state index in [4.69, 9.17) is 0 Å². The summed E-state index contributed by atoms with van der Waals surface area (Å²) in [6.07, 6.45) is 2.23. The standard InChI is InChI=1S/C18H20FN3O3.ClH/c19-16-11(10-5-7-20-8-6-10)1-2-12-13(16)9-22(18(12)25)14-3-4-15(23)21-17(14)24;/h1-2,10,14,20H,3-9H2,(H,21,23,24);1H. The minimum atomic E-state index is -0.709. The summed E-state index contributed by atoms with van der Waals surface area (Å²) < 4.78 is 15.1. The topological polar surface area (TPSA) is 78.5 Å². The molecule has 8 heteroatoms. The van der Waals surface area contributed by atoms with Gasteiger partial charge in [-0.1, -0.05) is 6.07 Å². The molecule has 6 nitrogen and oxygen atoms in total. The van der Waals surface area contributed by atoms with Gasteiger partial charge >= 0.3 is 0 Å². The van der Waals surface area contributed by atoms with Gasteiger partial charge in [-0.05, 0) is 49.9 Å². The number of amides is 3. The summed E-state index contributed by atoms with van der Waals surface area (Å²) >= 11 is 0. The molecule has 1 atom stereocenters. The van der Waals surface area contributed by atoms with Crippen LogP contribution in [0.3, 0.4) is 0 Å². The first-order chi connectivity index (χ1) is 12.1. The molecule has 0 radical (unpaired) electrons. The van der Waals surface area contributed by atoms with Crippen LogP contribution in [0.2, 0.25) is 0 Å². The molecular weight excluding hydrogens is 361 g/mol. The maximum atomic E-state index is 15.1. The van der Waals surface area contributed by atoms with Crippen LogP contribution in [0.5, 0.6) is 0 Å². The van der Waals surface area contributed by atoms with Crippen molar-refractivity contribution in [1.82, 2.24) is 15.5 Å². The Labute approximate surface area is 156 Å². The number of carbonyl (C=O) groups is 3. The van der Waals surface area contributed by atoms with Crippen molar-refractivity contribution in [2.24, 2.45) is 0 Å². The summed E-state index contributed by atoms with van der Waals surface area (Å²) in [4.78, 5) is 37.4. The molecule has 4 rings (SSSR count). The van der Waals surface area contributed by atoms with Crippen LogP contribution < -0.4 is 10.6 Å². The SMILES string of the molecule is Cl.O=C1CCC(N2Cc3c(ccc(C4CCNCC4)c3F)C2=O)C(=O)N1. The molecule has 3 aliphatic rings. The molecular formula is C18H21ClFN3O3. The molecule has 3 aliphatic heterocycles. The van der Waals surface area contributed by atoms with Crippen molar-refractivity contribution in [2.75, 3.05) is 13.1 Å². The minimum absolute atomic E-state index is 0. The van der Waals surface area contributed by atoms with E-state index >= 15 is 4.39 Å². The highest BCUT2D eigenvalue weighted by molar-refractivity contribution is 6.05. The monoisotopic (exact) mass is 381 g/mol. The lowest BCUT2D eigenvalue weighted by molar-refractivity contribution is -0.136. The van der Waals surface area contributed by atoms with Gasteiger partial charge in [-0.3, -0.25) is 19.7 Å². The molecule has 0 spiro atoms. The average Bonchev–Trinajstić information content (AvgIpc) is 2.94. The highest BCUT2D eigenvalue weighted by Gasteiger charge is 2.40. The van der Waals surface area contributed by atoms with Gasteiger partial charge in [0, 0.05) is 17.5 Å². The smallest absolute Gasteiger partial charge is 0.255 e. The molecule has 0 saturated carbocycles. The molecule has 3 heterocycles. The summed E-state index contributed by atoms with van der Waals surface area (Å²) in [5, 5.41) is 5.52. The normalized spacial score (nSPS) is 23.5. The third kappa shape index (κ3) is 3.10. The van der Waals surface area contributed by atoms with Crippen molar-refractivity contribution in [3.05, 3.63) is 34.6 Å². The summed E-state index contributed by atoms with van der Waals surface area (Å²) in [5.74, 6) is -1.29. The van der Waals surface area contributed by atoms with Crippen LogP contribution in [0.15, 0.2) is 12.1 Å². The zero-order valence-electron chi connectivity index (χ0n) is 14.2. The third-order valence-electron chi connectivity index (χ3n) is 5.46. The number of fused-ring (bicyclic) bond motifs is 1. The number of hydrogen-bond acceptors (Lipinski definition) is 4. The highest BCUT2D eigenvalue weighted by atomic mass is 35.5. The number of hydrogen-bond donors (Lipinski definition) is 2. The lowest BCUT2D eigenvalue weighted by Crippen LogP contribution is -2.52. The van der Waals surface area contributed by atoms with Crippen molar-refractivity contribution in [3.8, 4) is 0 Å². The molecule has 0 aliphatic carbocycles. The first kappa shape index (κ1) is 18.8. The van der Waals surface area contributed by atoms with Crippen molar-refractivity contribution in [1.29, 1.82) is 0 Å². The second kappa shape index (κ2) is 7.32. The molecule has 2 fully saturated rings. The number of nitrogens with one attached hydrogen (secondary N) is 2. The van der Waals surface area contributed by atoms with E-state index in [0.29, 0.717) is 16.7 Å². The van der Waals surface area contributed by atoms with Crippen LogP contribution >= 0.6 is 12.4 Å². The number of halogens is 2. The number of piperidine rings is 2. The van der Waals surface area contributed by atoms with Crippen molar-refractivity contribution >= 4 is 30.1 Å². The Morgan fingerprint density at radius 3 is 2.50 bits per heavy atom. The molecule has 3 amide bonds. The Morgan fingerprint density at radius 1 is 1.08 bits per heavy atom. The van der Waals surface area contributed by atoms with Crippen LogP contribution in [-0.4, -0.2) is 41.8 Å². The van der Waals surface area contributed by atoms with Gasteiger partial charge in [0.15, 0.2) is 0 Å². The molecule has 0 bridgehead atoms. The van der Waals surface area contributed by atoms with Crippen molar-refractivity contribution in [3.63, 3.8) is 0 Å². The summed E-state index contributed by atoms with van der Waals surface area (Å²) in [6, 6.07) is 2.69. The van der Waals surface area contributed by atoms with E-state index in [1.165, 1.54) is 4.90 Å². The Kier molecular flexibility index (Phi) is 5.29. The maximum Gasteiger partial charge on any atom is 0.255 e. The first-order valence-electron chi connectivity index (χ1n) is 8.73. The van der Waals surface area contributed by atoms with Crippen LogP contribution in [0.25, 0.3) is 0 Å². The van der Waals surface area contributed by atoms with E-state index in [-0.39, 0.29) is 55.3 Å². The molecule has 2 saturated heterocycles. The lowest BCUT2D eigenvalue weighted by atomic mass is 9.88. The van der Waals surface area contributed by atoms with E-state index in [9.17, 15) is 14.4 Å². The summed E-state index contributed by atoms with van der Waals surface area (Å²) in [6.45, 7) is 1.82. The van der Waals surface area contributed by atoms with Gasteiger partial charge in [0.1, 0.15) is 11.9 Å². The molecule has 1 aromatic rings. The van der Waals surface area contributed by atoms with Gasteiger partial charge in [0.25, 0.3) is 5.91 Å². The lowest BCUT2D eigenvalue weighted by Gasteiger charge is -2.29. The average molecular weight is 382 g/mol. The van der Waals surface area contributed by atoms with Crippen LogP contribution in [0.4, 0.5) is 4.39 Å².